The third-order valence-corrected chi connectivity index (χ3v) is 11.1. The number of aliphatic hydroxyl groups excluding tert-OH is 2. The van der Waals surface area contributed by atoms with E-state index in [1.165, 1.54) is 6.20 Å². The molecule has 60 heavy (non-hydrogen) atoms. The highest BCUT2D eigenvalue weighted by Gasteiger charge is 2.18. The summed E-state index contributed by atoms with van der Waals surface area (Å²) in [6.07, 6.45) is 0.340. The number of ether oxygens (including phenoxy) is 2. The van der Waals surface area contributed by atoms with Crippen LogP contribution >= 0.6 is 22.9 Å². The van der Waals surface area contributed by atoms with Crippen LogP contribution in [0.25, 0.3) is 31.9 Å². The van der Waals surface area contributed by atoms with Crippen LogP contribution < -0.4 is 20.1 Å². The number of thiazole rings is 1. The predicted octanol–water partition coefficient (Wildman–Crippen LogP) is 7.18. The van der Waals surface area contributed by atoms with Crippen LogP contribution in [0, 0.1) is 25.2 Å². The number of aromatic nitrogens is 2. The lowest BCUT2D eigenvalue weighted by atomic mass is 9.91. The minimum Gasteiger partial charge on any atom is -0.488 e. The predicted molar refractivity (Wildman–Crippen MR) is 229 cm³/mol. The maximum absolute atomic E-state index is 11.0. The molecule has 310 valence electrons. The second-order valence-electron chi connectivity index (χ2n) is 14.3. The van der Waals surface area contributed by atoms with E-state index in [1.807, 2.05) is 30.3 Å². The van der Waals surface area contributed by atoms with Crippen molar-refractivity contribution in [1.82, 2.24) is 20.6 Å². The summed E-state index contributed by atoms with van der Waals surface area (Å²) in [5, 5.41) is 54.6. The summed E-state index contributed by atoms with van der Waals surface area (Å²) in [5.74, 6) is -1.30. The molecule has 0 amide bonds. The van der Waals surface area contributed by atoms with Crippen molar-refractivity contribution in [2.24, 2.45) is 0 Å². The first-order chi connectivity index (χ1) is 28.9. The molecule has 2 atom stereocenters. The van der Waals surface area contributed by atoms with Crippen molar-refractivity contribution in [3.63, 3.8) is 0 Å². The number of halogens is 1. The number of carboxylic acids is 2. The van der Waals surface area contributed by atoms with Crippen LogP contribution in [0.2, 0.25) is 5.02 Å². The highest BCUT2D eigenvalue weighted by atomic mass is 35.5. The largest absolute Gasteiger partial charge is 0.488 e. The third kappa shape index (κ3) is 11.4. The average molecular weight is 850 g/mol. The number of nitriles is 1. The van der Waals surface area contributed by atoms with Gasteiger partial charge in [-0.1, -0.05) is 54.1 Å². The first-order valence-electron chi connectivity index (χ1n) is 19.1. The van der Waals surface area contributed by atoms with Gasteiger partial charge in [0.05, 0.1) is 45.9 Å². The van der Waals surface area contributed by atoms with Gasteiger partial charge in [-0.15, -0.1) is 11.3 Å². The molecule has 6 N–H and O–H groups in total. The van der Waals surface area contributed by atoms with Gasteiger partial charge < -0.3 is 40.5 Å². The van der Waals surface area contributed by atoms with Crippen molar-refractivity contribution < 1.29 is 39.5 Å². The fourth-order valence-electron chi connectivity index (χ4n) is 6.69. The van der Waals surface area contributed by atoms with Gasteiger partial charge in [-0.25, -0.2) is 4.98 Å². The second kappa shape index (κ2) is 20.4. The maximum Gasteiger partial charge on any atom is 0.306 e. The molecular formula is C45H44ClN5O8S. The van der Waals surface area contributed by atoms with Crippen molar-refractivity contribution in [3.05, 3.63) is 129 Å². The minimum atomic E-state index is -1.10. The van der Waals surface area contributed by atoms with E-state index in [9.17, 15) is 25.1 Å². The lowest BCUT2D eigenvalue weighted by Crippen LogP contribution is -2.28. The molecule has 13 nitrogen and oxygen atoms in total. The Morgan fingerprint density at radius 1 is 0.783 bits per heavy atom. The van der Waals surface area contributed by atoms with Crippen molar-refractivity contribution in [2.45, 2.75) is 65.2 Å². The summed E-state index contributed by atoms with van der Waals surface area (Å²) in [5.41, 5.74) is 9.81. The zero-order chi connectivity index (χ0) is 42.8. The zero-order valence-electron chi connectivity index (χ0n) is 32.9. The van der Waals surface area contributed by atoms with Crippen LogP contribution in [0.4, 0.5) is 0 Å². The molecule has 0 saturated carbocycles. The Labute approximate surface area is 355 Å². The van der Waals surface area contributed by atoms with Gasteiger partial charge in [0, 0.05) is 61.3 Å². The Morgan fingerprint density at radius 3 is 2.17 bits per heavy atom. The number of rotatable bonds is 20. The molecule has 0 aliphatic carbocycles. The van der Waals surface area contributed by atoms with Gasteiger partial charge in [0.15, 0.2) is 0 Å². The van der Waals surface area contributed by atoms with Crippen LogP contribution in [0.5, 0.6) is 11.5 Å². The molecule has 0 spiro atoms. The number of aliphatic hydroxyl groups is 2. The van der Waals surface area contributed by atoms with E-state index >= 15 is 0 Å². The van der Waals surface area contributed by atoms with Gasteiger partial charge in [-0.2, -0.15) is 5.26 Å². The summed E-state index contributed by atoms with van der Waals surface area (Å²) in [6.45, 7) is 5.39. The lowest BCUT2D eigenvalue weighted by Gasteiger charge is -2.18. The number of benzene rings is 4. The normalized spacial score (nSPS) is 12.2. The summed E-state index contributed by atoms with van der Waals surface area (Å²) in [7, 11) is 0. The maximum atomic E-state index is 11.0. The standard InChI is InChI=1S/C45H44ClN5O8S/c1-26-31(25-59-41-16-40(58-24-30-11-29(17-47)19-48-20-30)32(13-38(41)46)21-50-23-34(53)15-44(56)57)5-3-6-35(26)36-7-4-8-37(27(36)2)45-51-39-10-9-28(12-42(39)60-45)18-49-22-33(52)14-43(54)55/h3-13,16,19-20,33-34,49-50,52-53H,14-15,18,21-25H2,1-2H3,(H,54,55)(H,56,57)/t33-,34-/m0/s1. The van der Waals surface area contributed by atoms with Crippen LogP contribution in [0.15, 0.2) is 85.2 Å². The van der Waals surface area contributed by atoms with Gasteiger partial charge in [0.25, 0.3) is 0 Å². The Bertz CT molecular complexity index is 2540. The van der Waals surface area contributed by atoms with E-state index in [-0.39, 0.29) is 39.3 Å². The molecule has 6 aromatic rings. The SMILES string of the molecule is Cc1c(COc2cc(OCc3cncc(C#N)c3)c(CNC[C@@H](O)CC(=O)O)cc2Cl)cccc1-c1cccc(-c2nc3ccc(CNC[C@@H](O)CC(=O)O)cc3s2)c1C. The van der Waals surface area contributed by atoms with E-state index in [1.54, 1.807) is 35.7 Å². The van der Waals surface area contributed by atoms with Gasteiger partial charge in [-0.05, 0) is 71.5 Å². The Kier molecular flexibility index (Phi) is 14.8. The summed E-state index contributed by atoms with van der Waals surface area (Å²) < 4.78 is 13.6. The molecule has 0 unspecified atom stereocenters. The summed E-state index contributed by atoms with van der Waals surface area (Å²) >= 11 is 8.37. The summed E-state index contributed by atoms with van der Waals surface area (Å²) in [6, 6.07) is 25.5. The van der Waals surface area contributed by atoms with Crippen molar-refractivity contribution in [3.8, 4) is 39.3 Å². The molecule has 0 fully saturated rings. The van der Waals surface area contributed by atoms with Crippen molar-refractivity contribution in [1.29, 1.82) is 5.26 Å². The number of hydrogen-bond donors (Lipinski definition) is 6. The molecule has 15 heteroatoms. The quantitative estimate of drug-likeness (QED) is 0.0451. The van der Waals surface area contributed by atoms with Gasteiger partial charge in [0.1, 0.15) is 35.8 Å². The molecule has 2 aromatic heterocycles. The number of nitrogens with one attached hydrogen (secondary N) is 2. The first kappa shape index (κ1) is 43.7. The van der Waals surface area contributed by atoms with E-state index in [0.717, 1.165) is 54.2 Å². The Morgan fingerprint density at radius 2 is 1.45 bits per heavy atom. The number of carboxylic acid groups (broad SMARTS) is 2. The highest BCUT2D eigenvalue weighted by Crippen LogP contribution is 2.39. The number of pyridine rings is 1. The van der Waals surface area contributed by atoms with Gasteiger partial charge >= 0.3 is 11.9 Å². The summed E-state index contributed by atoms with van der Waals surface area (Å²) in [4.78, 5) is 30.9. The minimum absolute atomic E-state index is 0.0417. The van der Waals surface area contributed by atoms with E-state index in [0.29, 0.717) is 39.8 Å². The molecule has 0 aliphatic heterocycles. The lowest BCUT2D eigenvalue weighted by molar-refractivity contribution is -0.140. The van der Waals surface area contributed by atoms with E-state index < -0.39 is 30.6 Å². The fraction of sp³-hybridized carbons (Fsp3) is 0.267. The highest BCUT2D eigenvalue weighted by molar-refractivity contribution is 7.21. The molecule has 0 radical (unpaired) electrons. The van der Waals surface area contributed by atoms with Gasteiger partial charge in [0.2, 0.25) is 0 Å². The van der Waals surface area contributed by atoms with Crippen LogP contribution in [0.1, 0.15) is 51.8 Å². The second-order valence-corrected chi connectivity index (χ2v) is 15.8. The van der Waals surface area contributed by atoms with Gasteiger partial charge in [-0.3, -0.25) is 14.6 Å². The average Bonchev–Trinajstić information content (AvgIpc) is 3.63. The number of carbonyl (C=O) groups is 2. The zero-order valence-corrected chi connectivity index (χ0v) is 34.5. The fourth-order valence-corrected chi connectivity index (χ4v) is 8.05. The molecule has 0 bridgehead atoms. The molecule has 4 aromatic carbocycles. The van der Waals surface area contributed by atoms with E-state index in [4.69, 9.17) is 36.3 Å². The number of hydrogen-bond acceptors (Lipinski definition) is 12. The smallest absolute Gasteiger partial charge is 0.306 e. The molecule has 6 rings (SSSR count). The number of aliphatic carboxylic acids is 2. The first-order valence-corrected chi connectivity index (χ1v) is 20.3. The van der Waals surface area contributed by atoms with Crippen LogP contribution in [-0.2, 0) is 35.9 Å². The molecule has 0 aliphatic rings. The van der Waals surface area contributed by atoms with Crippen molar-refractivity contribution in [2.75, 3.05) is 13.1 Å². The Balaban J connectivity index is 1.19. The molecular weight excluding hydrogens is 806 g/mol. The third-order valence-electron chi connectivity index (χ3n) is 9.79. The molecule has 2 heterocycles. The van der Waals surface area contributed by atoms with Crippen molar-refractivity contribution >= 4 is 45.1 Å². The number of fused-ring (bicyclic) bond motifs is 1. The monoisotopic (exact) mass is 849 g/mol. The van der Waals surface area contributed by atoms with Crippen LogP contribution in [-0.4, -0.2) is 67.6 Å². The topological polar surface area (TPSA) is 207 Å². The Hall–Kier alpha value is -5.92. The molecule has 0 saturated heterocycles. The van der Waals surface area contributed by atoms with E-state index in [2.05, 4.69) is 59.8 Å². The van der Waals surface area contributed by atoms with Crippen LogP contribution in [0.3, 0.4) is 0 Å². The number of nitrogens with zero attached hydrogens (tertiary/aromatic N) is 3.